The number of aromatic nitrogens is 3. The van der Waals surface area contributed by atoms with E-state index in [4.69, 9.17) is 0 Å². The van der Waals surface area contributed by atoms with Crippen molar-refractivity contribution in [2.75, 3.05) is 5.32 Å². The molecule has 0 aromatic carbocycles. The van der Waals surface area contributed by atoms with Crippen molar-refractivity contribution in [3.8, 4) is 5.75 Å². The highest BCUT2D eigenvalue weighted by Crippen LogP contribution is 2.39. The molecule has 0 fully saturated rings. The minimum atomic E-state index is -5.04. The average molecular weight is 478 g/mol. The lowest BCUT2D eigenvalue weighted by Crippen LogP contribution is -2.30. The molecular formula is C22H18F4N4O4. The fourth-order valence-corrected chi connectivity index (χ4v) is 3.85. The zero-order valence-electron chi connectivity index (χ0n) is 17.4. The predicted molar refractivity (Wildman–Crippen MR) is 113 cm³/mol. The summed E-state index contributed by atoms with van der Waals surface area (Å²) in [4.78, 5) is 31.9. The molecule has 0 radical (unpaired) electrons. The largest absolute Gasteiger partial charge is 0.506 e. The smallest absolute Gasteiger partial charge is 0.412 e. The van der Waals surface area contributed by atoms with Crippen molar-refractivity contribution in [3.05, 3.63) is 69.7 Å². The van der Waals surface area contributed by atoms with Gasteiger partial charge in [0.25, 0.3) is 5.56 Å². The Morgan fingerprint density at radius 2 is 1.97 bits per heavy atom. The van der Waals surface area contributed by atoms with Crippen molar-refractivity contribution in [1.29, 1.82) is 0 Å². The molecule has 3 N–H and O–H groups in total. The van der Waals surface area contributed by atoms with Crippen LogP contribution in [0.2, 0.25) is 0 Å². The van der Waals surface area contributed by atoms with Gasteiger partial charge >= 0.3 is 12.1 Å². The number of rotatable bonds is 5. The Morgan fingerprint density at radius 3 is 2.62 bits per heavy atom. The second-order valence-electron chi connectivity index (χ2n) is 7.78. The number of nitrogens with one attached hydrogen (secondary N) is 1. The number of nitrogens with zero attached hydrogens (tertiary/aromatic N) is 3. The van der Waals surface area contributed by atoms with E-state index < -0.39 is 52.3 Å². The summed E-state index contributed by atoms with van der Waals surface area (Å²) in [6, 6.07) is -0.126. The molecule has 1 aliphatic carbocycles. The van der Waals surface area contributed by atoms with Gasteiger partial charge < -0.3 is 15.5 Å². The Balaban J connectivity index is 1.93. The molecular weight excluding hydrogens is 460 g/mol. The molecule has 4 rings (SSSR count). The van der Waals surface area contributed by atoms with E-state index in [1.807, 2.05) is 11.4 Å². The van der Waals surface area contributed by atoms with Gasteiger partial charge in [-0.2, -0.15) is 13.2 Å². The Kier molecular flexibility index (Phi) is 5.98. The molecule has 1 aliphatic rings. The summed E-state index contributed by atoms with van der Waals surface area (Å²) < 4.78 is 56.8. The molecule has 0 saturated carbocycles. The fourth-order valence-electron chi connectivity index (χ4n) is 3.85. The Morgan fingerprint density at radius 1 is 1.21 bits per heavy atom. The lowest BCUT2D eigenvalue weighted by molar-refractivity contribution is -0.143. The molecule has 0 bridgehead atoms. The van der Waals surface area contributed by atoms with Crippen LogP contribution in [0.1, 0.15) is 53.3 Å². The molecule has 0 spiro atoms. The van der Waals surface area contributed by atoms with Crippen LogP contribution in [0.25, 0.3) is 11.2 Å². The highest BCUT2D eigenvalue weighted by molar-refractivity contribution is 5.93. The molecule has 34 heavy (non-hydrogen) atoms. The third kappa shape index (κ3) is 4.56. The van der Waals surface area contributed by atoms with Gasteiger partial charge in [-0.1, -0.05) is 6.08 Å². The van der Waals surface area contributed by atoms with Crippen molar-refractivity contribution in [2.45, 2.75) is 37.9 Å². The van der Waals surface area contributed by atoms with Crippen LogP contribution in [0.15, 0.2) is 41.5 Å². The predicted octanol–water partition coefficient (Wildman–Crippen LogP) is 4.31. The summed E-state index contributed by atoms with van der Waals surface area (Å²) in [5.41, 5.74) is -1.57. The topological polar surface area (TPSA) is 117 Å². The van der Waals surface area contributed by atoms with Gasteiger partial charge in [0.1, 0.15) is 28.6 Å². The van der Waals surface area contributed by atoms with E-state index in [9.17, 15) is 37.4 Å². The van der Waals surface area contributed by atoms with E-state index in [-0.39, 0.29) is 11.3 Å². The third-order valence-corrected chi connectivity index (χ3v) is 5.40. The first-order valence-electron chi connectivity index (χ1n) is 10.2. The maximum Gasteiger partial charge on any atom is 0.412 e. The normalized spacial score (nSPS) is 15.1. The number of carboxylic acid groups (broad SMARTS) is 1. The minimum absolute atomic E-state index is 0.226. The fraction of sp³-hybridized carbons (Fsp3) is 0.273. The number of hydrogen-bond acceptors (Lipinski definition) is 6. The Labute approximate surface area is 189 Å². The van der Waals surface area contributed by atoms with Crippen LogP contribution >= 0.6 is 0 Å². The standard InChI is InChI=1S/C22H18F4N4O4/c23-12-6-15(21(33)34)19(27-9-12)29-18(22(24,25)26)14-7-13(31)10-30-17(32)8-16(28-20(14)30)11-4-2-1-3-5-11/h4,6-10,18,31H,1-3,5H2,(H,27,29)(H,33,34)/t18-/m0/s1. The van der Waals surface area contributed by atoms with Gasteiger partial charge in [-0.25, -0.2) is 19.2 Å². The van der Waals surface area contributed by atoms with E-state index in [1.54, 1.807) is 0 Å². The van der Waals surface area contributed by atoms with Gasteiger partial charge in [0.15, 0.2) is 6.04 Å². The molecule has 3 aromatic heterocycles. The van der Waals surface area contributed by atoms with E-state index in [0.717, 1.165) is 41.5 Å². The second kappa shape index (κ2) is 8.76. The molecule has 0 aliphatic heterocycles. The molecule has 12 heteroatoms. The molecule has 178 valence electrons. The van der Waals surface area contributed by atoms with Crippen LogP contribution in [-0.4, -0.2) is 36.7 Å². The van der Waals surface area contributed by atoms with Gasteiger partial charge in [-0.15, -0.1) is 0 Å². The van der Waals surface area contributed by atoms with Crippen molar-refractivity contribution < 1.29 is 32.6 Å². The van der Waals surface area contributed by atoms with E-state index >= 15 is 0 Å². The van der Waals surface area contributed by atoms with Gasteiger partial charge in [-0.05, 0) is 43.4 Å². The summed E-state index contributed by atoms with van der Waals surface area (Å²) in [6.07, 6.45) is 1.50. The van der Waals surface area contributed by atoms with Gasteiger partial charge in [0, 0.05) is 11.6 Å². The minimum Gasteiger partial charge on any atom is -0.506 e. The number of pyridine rings is 2. The van der Waals surface area contributed by atoms with E-state index in [0.29, 0.717) is 18.7 Å². The Hall–Kier alpha value is -3.96. The maximum atomic E-state index is 14.2. The highest BCUT2D eigenvalue weighted by atomic mass is 19.4. The number of carbonyl (C=O) groups is 1. The number of carboxylic acids is 1. The number of fused-ring (bicyclic) bond motifs is 1. The van der Waals surface area contributed by atoms with Crippen LogP contribution in [0.5, 0.6) is 5.75 Å². The maximum absolute atomic E-state index is 14.2. The number of anilines is 1. The van der Waals surface area contributed by atoms with Crippen LogP contribution in [0.3, 0.4) is 0 Å². The van der Waals surface area contributed by atoms with Gasteiger partial charge in [0.05, 0.1) is 18.1 Å². The van der Waals surface area contributed by atoms with Crippen LogP contribution in [-0.2, 0) is 0 Å². The third-order valence-electron chi connectivity index (χ3n) is 5.40. The van der Waals surface area contributed by atoms with Crippen molar-refractivity contribution in [3.63, 3.8) is 0 Å². The number of alkyl halides is 3. The first-order valence-corrected chi connectivity index (χ1v) is 10.2. The lowest BCUT2D eigenvalue weighted by Gasteiger charge is -2.24. The lowest BCUT2D eigenvalue weighted by atomic mass is 9.97. The van der Waals surface area contributed by atoms with Crippen molar-refractivity contribution in [2.24, 2.45) is 0 Å². The first-order chi connectivity index (χ1) is 16.0. The summed E-state index contributed by atoms with van der Waals surface area (Å²) in [7, 11) is 0. The van der Waals surface area contributed by atoms with Crippen LogP contribution in [0, 0.1) is 5.82 Å². The molecule has 0 unspecified atom stereocenters. The second-order valence-corrected chi connectivity index (χ2v) is 7.78. The summed E-state index contributed by atoms with van der Waals surface area (Å²) in [5, 5.41) is 21.3. The van der Waals surface area contributed by atoms with Crippen LogP contribution < -0.4 is 10.9 Å². The number of halogens is 4. The molecule has 0 saturated heterocycles. The molecule has 3 heterocycles. The first kappa shape index (κ1) is 23.2. The van der Waals surface area contributed by atoms with Crippen LogP contribution in [0.4, 0.5) is 23.4 Å². The van der Waals surface area contributed by atoms with E-state index in [1.165, 1.54) is 6.07 Å². The zero-order chi connectivity index (χ0) is 24.6. The monoisotopic (exact) mass is 478 g/mol. The molecule has 0 amide bonds. The van der Waals surface area contributed by atoms with E-state index in [2.05, 4.69) is 9.97 Å². The number of allylic oxidation sites excluding steroid dienone is 2. The summed E-state index contributed by atoms with van der Waals surface area (Å²) >= 11 is 0. The molecule has 8 nitrogen and oxygen atoms in total. The number of aromatic carboxylic acids is 1. The summed E-state index contributed by atoms with van der Waals surface area (Å²) in [5.74, 6) is -4.13. The van der Waals surface area contributed by atoms with Gasteiger partial charge in [-0.3, -0.25) is 9.20 Å². The highest BCUT2D eigenvalue weighted by Gasteiger charge is 2.43. The number of hydrogen-bond donors (Lipinski definition) is 3. The number of aromatic hydroxyl groups is 1. The average Bonchev–Trinajstić information content (AvgIpc) is 2.78. The molecule has 1 atom stereocenters. The quantitative estimate of drug-likeness (QED) is 0.468. The SMILES string of the molecule is O=C(O)c1cc(F)cnc1N[C@@H](c1cc(O)cn2c(=O)cc(C3=CCCCC3)nc12)C(F)(F)F. The Bertz CT molecular complexity index is 1370. The zero-order valence-corrected chi connectivity index (χ0v) is 17.4. The summed E-state index contributed by atoms with van der Waals surface area (Å²) in [6.45, 7) is 0. The molecule has 3 aromatic rings. The van der Waals surface area contributed by atoms with Crippen molar-refractivity contribution in [1.82, 2.24) is 14.4 Å². The van der Waals surface area contributed by atoms with Gasteiger partial charge in [0.2, 0.25) is 0 Å². The van der Waals surface area contributed by atoms with Crippen molar-refractivity contribution >= 4 is 23.0 Å².